The maximum atomic E-state index is 12.1. The molecule has 1 amide bonds. The standard InChI is InChI=1S/C13H21NO6/c1-13(2,3)20-12(18)14-7-8(11(17)19-4)5-6-9(14)10(15)16/h8-9H,5-7H2,1-4H3,(H,15,16)/t8-,9+/m0/s1. The van der Waals surface area contributed by atoms with Crippen LogP contribution in [0.3, 0.4) is 0 Å². The van der Waals surface area contributed by atoms with Crippen molar-refractivity contribution in [2.45, 2.75) is 45.3 Å². The molecule has 1 aliphatic rings. The lowest BCUT2D eigenvalue weighted by atomic mass is 9.93. The predicted molar refractivity (Wildman–Crippen MR) is 69.1 cm³/mol. The lowest BCUT2D eigenvalue weighted by Crippen LogP contribution is -2.53. The van der Waals surface area contributed by atoms with Crippen LogP contribution >= 0.6 is 0 Å². The Morgan fingerprint density at radius 1 is 1.20 bits per heavy atom. The van der Waals surface area contributed by atoms with Gasteiger partial charge >= 0.3 is 18.0 Å². The van der Waals surface area contributed by atoms with Crippen LogP contribution in [0, 0.1) is 5.92 Å². The molecule has 2 atom stereocenters. The number of carbonyl (C=O) groups is 3. The SMILES string of the molecule is COC(=O)[C@H]1CC[C@H](C(=O)O)N(C(=O)OC(C)(C)C)C1. The Balaban J connectivity index is 2.86. The molecule has 0 aromatic carbocycles. The molecule has 1 fully saturated rings. The molecular weight excluding hydrogens is 266 g/mol. The van der Waals surface area contributed by atoms with Crippen LogP contribution in [0.4, 0.5) is 4.79 Å². The fourth-order valence-electron chi connectivity index (χ4n) is 2.11. The fraction of sp³-hybridized carbons (Fsp3) is 0.769. The van der Waals surface area contributed by atoms with Gasteiger partial charge in [-0.2, -0.15) is 0 Å². The quantitative estimate of drug-likeness (QED) is 0.768. The Morgan fingerprint density at radius 2 is 1.80 bits per heavy atom. The minimum atomic E-state index is -1.10. The number of esters is 1. The second kappa shape index (κ2) is 6.11. The van der Waals surface area contributed by atoms with Crippen molar-refractivity contribution in [3.05, 3.63) is 0 Å². The molecule has 0 aromatic heterocycles. The second-order valence-corrected chi connectivity index (χ2v) is 5.78. The second-order valence-electron chi connectivity index (χ2n) is 5.78. The average Bonchev–Trinajstić information content (AvgIpc) is 2.34. The molecule has 0 bridgehead atoms. The molecule has 7 heteroatoms. The van der Waals surface area contributed by atoms with E-state index in [0.717, 1.165) is 4.90 Å². The topological polar surface area (TPSA) is 93.1 Å². The predicted octanol–water partition coefficient (Wildman–Crippen LogP) is 1.26. The van der Waals surface area contributed by atoms with Crippen molar-refractivity contribution in [3.8, 4) is 0 Å². The van der Waals surface area contributed by atoms with E-state index in [1.807, 2.05) is 0 Å². The molecule has 0 aliphatic carbocycles. The van der Waals surface area contributed by atoms with Crippen molar-refractivity contribution in [2.24, 2.45) is 5.92 Å². The molecule has 1 aliphatic heterocycles. The summed E-state index contributed by atoms with van der Waals surface area (Å²) < 4.78 is 9.84. The average molecular weight is 287 g/mol. The smallest absolute Gasteiger partial charge is 0.411 e. The Bertz CT molecular complexity index is 400. The van der Waals surface area contributed by atoms with Crippen LogP contribution in [0.25, 0.3) is 0 Å². The number of likely N-dealkylation sites (tertiary alicyclic amines) is 1. The largest absolute Gasteiger partial charge is 0.480 e. The van der Waals surface area contributed by atoms with Crippen LogP contribution < -0.4 is 0 Å². The highest BCUT2D eigenvalue weighted by Crippen LogP contribution is 2.25. The molecule has 0 spiro atoms. The zero-order valence-electron chi connectivity index (χ0n) is 12.2. The van der Waals surface area contributed by atoms with Gasteiger partial charge in [0.05, 0.1) is 13.0 Å². The fourth-order valence-corrected chi connectivity index (χ4v) is 2.11. The summed E-state index contributed by atoms with van der Waals surface area (Å²) in [7, 11) is 1.27. The van der Waals surface area contributed by atoms with Gasteiger partial charge in [0.1, 0.15) is 11.6 Å². The number of carboxylic acid groups (broad SMARTS) is 1. The van der Waals surface area contributed by atoms with Crippen molar-refractivity contribution < 1.29 is 29.0 Å². The highest BCUT2D eigenvalue weighted by atomic mass is 16.6. The van der Waals surface area contributed by atoms with E-state index in [-0.39, 0.29) is 13.0 Å². The number of rotatable bonds is 2. The third-order valence-electron chi connectivity index (χ3n) is 3.03. The van der Waals surface area contributed by atoms with Gasteiger partial charge < -0.3 is 14.6 Å². The van der Waals surface area contributed by atoms with Crippen LogP contribution in [0.5, 0.6) is 0 Å². The molecular formula is C13H21NO6. The third-order valence-corrected chi connectivity index (χ3v) is 3.03. The maximum Gasteiger partial charge on any atom is 0.411 e. The number of hydrogen-bond acceptors (Lipinski definition) is 5. The number of methoxy groups -OCH3 is 1. The summed E-state index contributed by atoms with van der Waals surface area (Å²) in [5, 5.41) is 9.17. The van der Waals surface area contributed by atoms with Gasteiger partial charge in [-0.25, -0.2) is 9.59 Å². The molecule has 20 heavy (non-hydrogen) atoms. The first-order valence-corrected chi connectivity index (χ1v) is 6.46. The Labute approximate surface area is 117 Å². The summed E-state index contributed by atoms with van der Waals surface area (Å²) in [6.45, 7) is 5.09. The van der Waals surface area contributed by atoms with Gasteiger partial charge in [0, 0.05) is 6.54 Å². The number of carbonyl (C=O) groups excluding carboxylic acids is 2. The number of aliphatic carboxylic acids is 1. The molecule has 0 unspecified atom stereocenters. The lowest BCUT2D eigenvalue weighted by Gasteiger charge is -2.37. The minimum absolute atomic E-state index is 0.00144. The summed E-state index contributed by atoms with van der Waals surface area (Å²) in [5.41, 5.74) is -0.724. The van der Waals surface area contributed by atoms with Crippen molar-refractivity contribution in [2.75, 3.05) is 13.7 Å². The third kappa shape index (κ3) is 4.11. The molecule has 7 nitrogen and oxygen atoms in total. The summed E-state index contributed by atoms with van der Waals surface area (Å²) in [6.07, 6.45) is -0.143. The van der Waals surface area contributed by atoms with Gasteiger partial charge in [0.2, 0.25) is 0 Å². The van der Waals surface area contributed by atoms with E-state index in [4.69, 9.17) is 4.74 Å². The van der Waals surface area contributed by atoms with Crippen LogP contribution in [0.2, 0.25) is 0 Å². The van der Waals surface area contributed by atoms with Crippen molar-refractivity contribution in [3.63, 3.8) is 0 Å². The van der Waals surface area contributed by atoms with Crippen molar-refractivity contribution >= 4 is 18.0 Å². The van der Waals surface area contributed by atoms with E-state index in [1.165, 1.54) is 7.11 Å². The molecule has 1 saturated heterocycles. The van der Waals surface area contributed by atoms with Gasteiger partial charge in [-0.1, -0.05) is 0 Å². The zero-order valence-corrected chi connectivity index (χ0v) is 12.2. The van der Waals surface area contributed by atoms with Gasteiger partial charge in [0.25, 0.3) is 0 Å². The van der Waals surface area contributed by atoms with E-state index >= 15 is 0 Å². The molecule has 0 radical (unpaired) electrons. The Hall–Kier alpha value is -1.79. The Morgan fingerprint density at radius 3 is 2.25 bits per heavy atom. The molecule has 0 saturated carbocycles. The summed E-state index contributed by atoms with van der Waals surface area (Å²) >= 11 is 0. The molecule has 1 N–H and O–H groups in total. The van der Waals surface area contributed by atoms with Crippen molar-refractivity contribution in [1.82, 2.24) is 4.90 Å². The van der Waals surface area contributed by atoms with E-state index in [1.54, 1.807) is 20.8 Å². The highest BCUT2D eigenvalue weighted by molar-refractivity contribution is 5.82. The monoisotopic (exact) mass is 287 g/mol. The van der Waals surface area contributed by atoms with Gasteiger partial charge in [-0.3, -0.25) is 9.69 Å². The van der Waals surface area contributed by atoms with E-state index < -0.39 is 35.6 Å². The first-order valence-electron chi connectivity index (χ1n) is 6.46. The first-order chi connectivity index (χ1) is 9.15. The highest BCUT2D eigenvalue weighted by Gasteiger charge is 2.40. The molecule has 114 valence electrons. The van der Waals surface area contributed by atoms with Crippen LogP contribution in [0.15, 0.2) is 0 Å². The van der Waals surface area contributed by atoms with Crippen LogP contribution in [-0.2, 0) is 19.1 Å². The minimum Gasteiger partial charge on any atom is -0.480 e. The molecule has 1 rings (SSSR count). The first kappa shape index (κ1) is 16.3. The van der Waals surface area contributed by atoms with Crippen LogP contribution in [0.1, 0.15) is 33.6 Å². The lowest BCUT2D eigenvalue weighted by molar-refractivity contribution is -0.153. The number of hydrogen-bond donors (Lipinski definition) is 1. The Kier molecular flexibility index (Phi) is 4.97. The van der Waals surface area contributed by atoms with Gasteiger partial charge in [-0.15, -0.1) is 0 Å². The van der Waals surface area contributed by atoms with Crippen molar-refractivity contribution in [1.29, 1.82) is 0 Å². The van der Waals surface area contributed by atoms with E-state index in [0.29, 0.717) is 6.42 Å². The molecule has 0 aromatic rings. The number of nitrogens with zero attached hydrogens (tertiary/aromatic N) is 1. The van der Waals surface area contributed by atoms with E-state index in [2.05, 4.69) is 4.74 Å². The summed E-state index contributed by atoms with van der Waals surface area (Å²) in [6, 6.07) is -0.967. The van der Waals surface area contributed by atoms with Gasteiger partial charge in [0.15, 0.2) is 0 Å². The van der Waals surface area contributed by atoms with Crippen LogP contribution in [-0.4, -0.2) is 53.3 Å². The molecule has 1 heterocycles. The zero-order chi connectivity index (χ0) is 15.5. The number of carboxylic acids is 1. The number of piperidine rings is 1. The van der Waals surface area contributed by atoms with Gasteiger partial charge in [-0.05, 0) is 33.6 Å². The number of amides is 1. The maximum absolute atomic E-state index is 12.1. The van der Waals surface area contributed by atoms with E-state index in [9.17, 15) is 19.5 Å². The normalized spacial score (nSPS) is 23.1. The number of ether oxygens (including phenoxy) is 2. The summed E-state index contributed by atoms with van der Waals surface area (Å²) in [4.78, 5) is 35.9. The summed E-state index contributed by atoms with van der Waals surface area (Å²) in [5.74, 6) is -2.05.